The van der Waals surface area contributed by atoms with E-state index in [9.17, 15) is 14.0 Å². The molecule has 132 valence electrons. The summed E-state index contributed by atoms with van der Waals surface area (Å²) >= 11 is 0. The summed E-state index contributed by atoms with van der Waals surface area (Å²) in [7, 11) is 0. The number of aromatic nitrogens is 2. The lowest BCUT2D eigenvalue weighted by molar-refractivity contribution is 0.0662. The van der Waals surface area contributed by atoms with Gasteiger partial charge in [0.1, 0.15) is 11.5 Å². The van der Waals surface area contributed by atoms with Gasteiger partial charge in [-0.15, -0.1) is 0 Å². The second-order valence-electron chi connectivity index (χ2n) is 6.42. The molecule has 25 heavy (non-hydrogen) atoms. The van der Waals surface area contributed by atoms with E-state index < -0.39 is 6.04 Å². The Morgan fingerprint density at radius 1 is 1.32 bits per heavy atom. The largest absolute Gasteiger partial charge is 0.327 e. The predicted molar refractivity (Wildman–Crippen MR) is 92.8 cm³/mol. The van der Waals surface area contributed by atoms with Gasteiger partial charge in [0.25, 0.3) is 11.5 Å². The van der Waals surface area contributed by atoms with Crippen molar-refractivity contribution in [3.63, 3.8) is 0 Å². The molecule has 0 bridgehead atoms. The van der Waals surface area contributed by atoms with Gasteiger partial charge in [0.15, 0.2) is 0 Å². The minimum absolute atomic E-state index is 0.0930. The molecule has 3 rings (SSSR count). The van der Waals surface area contributed by atoms with Crippen molar-refractivity contribution in [3.05, 3.63) is 63.8 Å². The predicted octanol–water partition coefficient (Wildman–Crippen LogP) is 3.16. The maximum absolute atomic E-state index is 14.2. The first-order valence-electron chi connectivity index (χ1n) is 8.68. The second-order valence-corrected chi connectivity index (χ2v) is 6.42. The molecule has 1 saturated carbocycles. The average Bonchev–Trinajstić information content (AvgIpc) is 3.42. The average molecular weight is 343 g/mol. The van der Waals surface area contributed by atoms with Crippen LogP contribution in [0.2, 0.25) is 0 Å². The van der Waals surface area contributed by atoms with Crippen molar-refractivity contribution in [1.29, 1.82) is 0 Å². The van der Waals surface area contributed by atoms with E-state index in [1.54, 1.807) is 23.1 Å². The summed E-state index contributed by atoms with van der Waals surface area (Å²) in [5.74, 6) is -0.583. The van der Waals surface area contributed by atoms with Gasteiger partial charge < -0.3 is 4.90 Å². The van der Waals surface area contributed by atoms with E-state index in [1.807, 2.05) is 13.8 Å². The zero-order valence-electron chi connectivity index (χ0n) is 14.5. The summed E-state index contributed by atoms with van der Waals surface area (Å²) in [6.45, 7) is 4.24. The highest BCUT2D eigenvalue weighted by atomic mass is 19.1. The highest BCUT2D eigenvalue weighted by Crippen LogP contribution is 2.36. The number of hydrogen-bond acceptors (Lipinski definition) is 3. The van der Waals surface area contributed by atoms with Crippen molar-refractivity contribution in [3.8, 4) is 0 Å². The van der Waals surface area contributed by atoms with E-state index >= 15 is 0 Å². The van der Waals surface area contributed by atoms with Crippen molar-refractivity contribution >= 4 is 5.91 Å². The number of nitrogens with zero attached hydrogens (tertiary/aromatic N) is 3. The van der Waals surface area contributed by atoms with Gasteiger partial charge in [-0.25, -0.2) is 9.07 Å². The van der Waals surface area contributed by atoms with E-state index in [1.165, 1.54) is 22.9 Å². The molecule has 1 amide bonds. The number of amides is 1. The highest BCUT2D eigenvalue weighted by Gasteiger charge is 2.38. The van der Waals surface area contributed by atoms with Crippen LogP contribution in [-0.2, 0) is 6.54 Å². The van der Waals surface area contributed by atoms with Gasteiger partial charge in [0, 0.05) is 24.2 Å². The molecule has 2 aromatic rings. The Morgan fingerprint density at radius 3 is 2.68 bits per heavy atom. The van der Waals surface area contributed by atoms with Crippen LogP contribution in [-0.4, -0.2) is 26.6 Å². The number of aryl methyl sites for hydroxylation is 1. The number of carbonyl (C=O) groups is 1. The van der Waals surface area contributed by atoms with Gasteiger partial charge in [-0.05, 0) is 38.3 Å². The molecule has 0 aliphatic heterocycles. The Labute approximate surface area is 146 Å². The van der Waals surface area contributed by atoms with Gasteiger partial charge in [-0.1, -0.05) is 25.1 Å². The molecular formula is C19H22FN3O2. The van der Waals surface area contributed by atoms with Crippen molar-refractivity contribution in [1.82, 2.24) is 14.7 Å². The lowest BCUT2D eigenvalue weighted by Crippen LogP contribution is -2.37. The fourth-order valence-electron chi connectivity index (χ4n) is 3.04. The molecule has 1 fully saturated rings. The van der Waals surface area contributed by atoms with Crippen LogP contribution in [0.4, 0.5) is 4.39 Å². The maximum Gasteiger partial charge on any atom is 0.275 e. The topological polar surface area (TPSA) is 55.2 Å². The molecule has 0 spiro atoms. The maximum atomic E-state index is 14.2. The van der Waals surface area contributed by atoms with Gasteiger partial charge in [0.2, 0.25) is 0 Å². The van der Waals surface area contributed by atoms with E-state index in [-0.39, 0.29) is 29.0 Å². The zero-order valence-corrected chi connectivity index (χ0v) is 14.5. The van der Waals surface area contributed by atoms with Crippen molar-refractivity contribution in [2.45, 2.75) is 51.7 Å². The molecule has 1 atom stereocenters. The molecule has 1 aliphatic carbocycles. The second kappa shape index (κ2) is 7.17. The smallest absolute Gasteiger partial charge is 0.275 e. The third-order valence-electron chi connectivity index (χ3n) is 4.47. The molecule has 1 heterocycles. The minimum atomic E-state index is -0.394. The summed E-state index contributed by atoms with van der Waals surface area (Å²) in [6.07, 6.45) is 2.56. The monoisotopic (exact) mass is 343 g/mol. The van der Waals surface area contributed by atoms with Gasteiger partial charge in [0.05, 0.1) is 6.04 Å². The van der Waals surface area contributed by atoms with Crippen LogP contribution in [0.25, 0.3) is 0 Å². The number of benzene rings is 1. The quantitative estimate of drug-likeness (QED) is 0.809. The summed E-state index contributed by atoms with van der Waals surface area (Å²) in [5.41, 5.74) is 0.492. The van der Waals surface area contributed by atoms with Crippen molar-refractivity contribution < 1.29 is 9.18 Å². The minimum Gasteiger partial charge on any atom is -0.327 e. The van der Waals surface area contributed by atoms with Crippen LogP contribution < -0.4 is 5.56 Å². The molecule has 1 aromatic carbocycles. The molecule has 0 unspecified atom stereocenters. The van der Waals surface area contributed by atoms with E-state index in [2.05, 4.69) is 5.10 Å². The van der Waals surface area contributed by atoms with E-state index in [0.717, 1.165) is 19.3 Å². The molecular weight excluding hydrogens is 321 g/mol. The molecule has 0 radical (unpaired) electrons. The molecule has 1 aromatic heterocycles. The lowest BCUT2D eigenvalue weighted by Gasteiger charge is -2.29. The first kappa shape index (κ1) is 17.3. The molecule has 5 nitrogen and oxygen atoms in total. The summed E-state index contributed by atoms with van der Waals surface area (Å²) in [5, 5.41) is 4.21. The Kier molecular flexibility index (Phi) is 4.97. The van der Waals surface area contributed by atoms with Gasteiger partial charge in [-0.2, -0.15) is 5.10 Å². The number of halogens is 1. The van der Waals surface area contributed by atoms with Gasteiger partial charge >= 0.3 is 0 Å². The standard InChI is InChI=1S/C19H22FN3O2/c1-3-12-22-18(24)11-10-17(21-22)19(25)23(14-8-9-14)13(2)15-6-4-5-7-16(15)20/h4-7,10-11,13-14H,3,8-9,12H2,1-2H3/t13-/m1/s1. The Bertz CT molecular complexity index is 829. The molecule has 1 aliphatic rings. The fraction of sp³-hybridized carbons (Fsp3) is 0.421. The number of hydrogen-bond donors (Lipinski definition) is 0. The normalized spacial score (nSPS) is 15.0. The van der Waals surface area contributed by atoms with Crippen molar-refractivity contribution in [2.75, 3.05) is 0 Å². The molecule has 0 N–H and O–H groups in total. The Balaban J connectivity index is 1.93. The van der Waals surface area contributed by atoms with Crippen LogP contribution in [0, 0.1) is 5.82 Å². The van der Waals surface area contributed by atoms with Gasteiger partial charge in [-0.3, -0.25) is 9.59 Å². The SMILES string of the molecule is CCCn1nc(C(=O)N(C2CC2)[C@H](C)c2ccccc2F)ccc1=O. The van der Waals surface area contributed by atoms with Crippen LogP contribution in [0.5, 0.6) is 0 Å². The number of carbonyl (C=O) groups excluding carboxylic acids is 1. The highest BCUT2D eigenvalue weighted by molar-refractivity contribution is 5.92. The Morgan fingerprint density at radius 2 is 2.04 bits per heavy atom. The third-order valence-corrected chi connectivity index (χ3v) is 4.47. The zero-order chi connectivity index (χ0) is 18.0. The first-order valence-corrected chi connectivity index (χ1v) is 8.68. The summed E-state index contributed by atoms with van der Waals surface area (Å²) in [4.78, 5) is 26.6. The fourth-order valence-corrected chi connectivity index (χ4v) is 3.04. The van der Waals surface area contributed by atoms with Crippen molar-refractivity contribution in [2.24, 2.45) is 0 Å². The number of rotatable bonds is 6. The van der Waals surface area contributed by atoms with Crippen LogP contribution in [0.1, 0.15) is 55.2 Å². The first-order chi connectivity index (χ1) is 12.0. The molecule has 0 saturated heterocycles. The van der Waals surface area contributed by atoms with Crippen LogP contribution in [0.3, 0.4) is 0 Å². The van der Waals surface area contributed by atoms with E-state index in [4.69, 9.17) is 0 Å². The van der Waals surface area contributed by atoms with Crippen LogP contribution >= 0.6 is 0 Å². The van der Waals surface area contributed by atoms with Crippen LogP contribution in [0.15, 0.2) is 41.2 Å². The third kappa shape index (κ3) is 3.62. The summed E-state index contributed by atoms with van der Waals surface area (Å²) in [6, 6.07) is 9.04. The van der Waals surface area contributed by atoms with E-state index in [0.29, 0.717) is 12.1 Å². The summed E-state index contributed by atoms with van der Waals surface area (Å²) < 4.78 is 15.5. The molecule has 6 heteroatoms. The lowest BCUT2D eigenvalue weighted by atomic mass is 10.1. The Hall–Kier alpha value is -2.50.